The lowest BCUT2D eigenvalue weighted by Crippen LogP contribution is -2.38. The second-order valence-electron chi connectivity index (χ2n) is 5.98. The zero-order chi connectivity index (χ0) is 16.2. The fraction of sp³-hybridized carbons (Fsp3) is 0.263. The summed E-state index contributed by atoms with van der Waals surface area (Å²) in [7, 11) is 0. The van der Waals surface area contributed by atoms with Crippen molar-refractivity contribution in [1.82, 2.24) is 14.9 Å². The van der Waals surface area contributed by atoms with Crippen LogP contribution in [-0.2, 0) is 11.2 Å². The first-order valence-corrected chi connectivity index (χ1v) is 7.89. The molecular formula is C19H21N3O. The molecule has 0 aliphatic carbocycles. The third kappa shape index (κ3) is 3.59. The largest absolute Gasteiger partial charge is 0.352 e. The van der Waals surface area contributed by atoms with Crippen molar-refractivity contribution in [2.75, 3.05) is 0 Å². The van der Waals surface area contributed by atoms with Crippen LogP contribution in [0.4, 0.5) is 0 Å². The Balaban J connectivity index is 1.63. The van der Waals surface area contributed by atoms with Gasteiger partial charge in [-0.3, -0.25) is 4.79 Å². The van der Waals surface area contributed by atoms with Gasteiger partial charge in [0.25, 0.3) is 0 Å². The second kappa shape index (κ2) is 6.65. The van der Waals surface area contributed by atoms with E-state index in [1.54, 1.807) is 23.3 Å². The van der Waals surface area contributed by atoms with Crippen LogP contribution in [0.2, 0.25) is 0 Å². The first kappa shape index (κ1) is 15.3. The first-order chi connectivity index (χ1) is 11.1. The minimum Gasteiger partial charge on any atom is -0.352 e. The van der Waals surface area contributed by atoms with Crippen LogP contribution in [0, 0.1) is 0 Å². The van der Waals surface area contributed by atoms with E-state index in [1.807, 2.05) is 26.0 Å². The van der Waals surface area contributed by atoms with Crippen LogP contribution in [-0.4, -0.2) is 21.5 Å². The Hall–Kier alpha value is -2.62. The van der Waals surface area contributed by atoms with E-state index in [0.717, 1.165) is 6.42 Å². The molecule has 2 atom stereocenters. The summed E-state index contributed by atoms with van der Waals surface area (Å²) in [5.74, 6) is 0.0105. The van der Waals surface area contributed by atoms with Crippen LogP contribution in [0.5, 0.6) is 0 Å². The molecule has 3 rings (SSSR count). The van der Waals surface area contributed by atoms with E-state index in [0.29, 0.717) is 0 Å². The van der Waals surface area contributed by atoms with E-state index in [-0.39, 0.29) is 18.0 Å². The molecule has 0 bridgehead atoms. The number of hydrogen-bond donors (Lipinski definition) is 1. The van der Waals surface area contributed by atoms with Gasteiger partial charge in [0.15, 0.2) is 0 Å². The highest BCUT2D eigenvalue weighted by atomic mass is 16.2. The van der Waals surface area contributed by atoms with Crippen LogP contribution in [0.3, 0.4) is 0 Å². The molecule has 1 aromatic heterocycles. The van der Waals surface area contributed by atoms with E-state index in [4.69, 9.17) is 0 Å². The molecule has 0 aliphatic rings. The first-order valence-electron chi connectivity index (χ1n) is 7.89. The predicted octanol–water partition coefficient (Wildman–Crippen LogP) is 3.34. The van der Waals surface area contributed by atoms with Crippen molar-refractivity contribution in [1.29, 1.82) is 0 Å². The van der Waals surface area contributed by atoms with Crippen LogP contribution in [0.1, 0.15) is 25.5 Å². The zero-order valence-corrected chi connectivity index (χ0v) is 13.4. The number of nitrogens with zero attached hydrogens (tertiary/aromatic N) is 2. The molecule has 3 aromatic rings. The number of carbonyl (C=O) groups excluding carboxylic acids is 1. The van der Waals surface area contributed by atoms with Crippen molar-refractivity contribution in [3.8, 4) is 0 Å². The van der Waals surface area contributed by atoms with Crippen molar-refractivity contribution in [3.63, 3.8) is 0 Å². The van der Waals surface area contributed by atoms with E-state index in [1.165, 1.54) is 16.3 Å². The van der Waals surface area contributed by atoms with Gasteiger partial charge in [0.05, 0.1) is 6.33 Å². The number of hydrogen-bond acceptors (Lipinski definition) is 2. The van der Waals surface area contributed by atoms with Gasteiger partial charge in [-0.1, -0.05) is 42.5 Å². The van der Waals surface area contributed by atoms with Gasteiger partial charge in [-0.2, -0.15) is 0 Å². The fourth-order valence-corrected chi connectivity index (χ4v) is 2.77. The summed E-state index contributed by atoms with van der Waals surface area (Å²) in [6.45, 7) is 3.91. The average Bonchev–Trinajstić information content (AvgIpc) is 3.08. The van der Waals surface area contributed by atoms with Gasteiger partial charge in [0.1, 0.15) is 6.04 Å². The third-order valence-electron chi connectivity index (χ3n) is 4.10. The quantitative estimate of drug-likeness (QED) is 0.786. The highest BCUT2D eigenvalue weighted by molar-refractivity contribution is 5.83. The number of aromatic nitrogens is 2. The number of fused-ring (bicyclic) bond motifs is 1. The molecule has 4 heteroatoms. The van der Waals surface area contributed by atoms with Crippen molar-refractivity contribution in [2.45, 2.75) is 32.4 Å². The molecule has 4 nitrogen and oxygen atoms in total. The van der Waals surface area contributed by atoms with Crippen LogP contribution < -0.4 is 5.32 Å². The number of carbonyl (C=O) groups is 1. The molecule has 0 spiro atoms. The normalized spacial score (nSPS) is 13.7. The van der Waals surface area contributed by atoms with Crippen LogP contribution in [0.25, 0.3) is 10.8 Å². The summed E-state index contributed by atoms with van der Waals surface area (Å²) in [5, 5.41) is 5.55. The summed E-state index contributed by atoms with van der Waals surface area (Å²) in [4.78, 5) is 16.3. The van der Waals surface area contributed by atoms with Crippen LogP contribution >= 0.6 is 0 Å². The Morgan fingerprint density at radius 1 is 1.17 bits per heavy atom. The van der Waals surface area contributed by atoms with Crippen molar-refractivity contribution in [3.05, 3.63) is 66.7 Å². The van der Waals surface area contributed by atoms with Crippen molar-refractivity contribution in [2.24, 2.45) is 0 Å². The molecule has 0 saturated carbocycles. The molecule has 0 radical (unpaired) electrons. The summed E-state index contributed by atoms with van der Waals surface area (Å²) in [6, 6.07) is 14.6. The summed E-state index contributed by atoms with van der Waals surface area (Å²) < 4.78 is 1.80. The number of amides is 1. The zero-order valence-electron chi connectivity index (χ0n) is 13.4. The Morgan fingerprint density at radius 3 is 2.70 bits per heavy atom. The fourth-order valence-electron chi connectivity index (χ4n) is 2.77. The van der Waals surface area contributed by atoms with Gasteiger partial charge in [-0.15, -0.1) is 0 Å². The van der Waals surface area contributed by atoms with Gasteiger partial charge in [-0.05, 0) is 36.6 Å². The Morgan fingerprint density at radius 2 is 1.96 bits per heavy atom. The number of nitrogens with one attached hydrogen (secondary N) is 1. The standard InChI is InChI=1S/C19H21N3O/c1-14(21-19(23)15(2)22-10-9-20-13-22)11-16-7-8-17-5-3-4-6-18(17)12-16/h3-10,12-15H,11H2,1-2H3,(H,21,23)/t14-,15-/m0/s1. The maximum absolute atomic E-state index is 12.3. The average molecular weight is 307 g/mol. The van der Waals surface area contributed by atoms with Gasteiger partial charge < -0.3 is 9.88 Å². The maximum Gasteiger partial charge on any atom is 0.243 e. The van der Waals surface area contributed by atoms with Crippen molar-refractivity contribution >= 4 is 16.7 Å². The lowest BCUT2D eigenvalue weighted by atomic mass is 10.0. The lowest BCUT2D eigenvalue weighted by Gasteiger charge is -2.18. The molecular weight excluding hydrogens is 286 g/mol. The molecule has 23 heavy (non-hydrogen) atoms. The molecule has 1 heterocycles. The third-order valence-corrected chi connectivity index (χ3v) is 4.10. The molecule has 1 amide bonds. The molecule has 0 saturated heterocycles. The minimum absolute atomic E-state index is 0.0105. The molecule has 118 valence electrons. The van der Waals surface area contributed by atoms with E-state index in [9.17, 15) is 4.79 Å². The van der Waals surface area contributed by atoms with E-state index < -0.39 is 0 Å². The predicted molar refractivity (Wildman–Crippen MR) is 92.2 cm³/mol. The number of rotatable bonds is 5. The number of benzene rings is 2. The Bertz CT molecular complexity index is 795. The smallest absolute Gasteiger partial charge is 0.243 e. The number of imidazole rings is 1. The van der Waals surface area contributed by atoms with Crippen molar-refractivity contribution < 1.29 is 4.79 Å². The summed E-state index contributed by atoms with van der Waals surface area (Å²) in [6.07, 6.45) is 5.96. The monoisotopic (exact) mass is 307 g/mol. The van der Waals surface area contributed by atoms with Crippen LogP contribution in [0.15, 0.2) is 61.2 Å². The molecule has 1 N–H and O–H groups in total. The Labute approximate surface area is 136 Å². The summed E-state index contributed by atoms with van der Waals surface area (Å²) in [5.41, 5.74) is 1.23. The van der Waals surface area contributed by atoms with E-state index in [2.05, 4.69) is 40.6 Å². The maximum atomic E-state index is 12.3. The highest BCUT2D eigenvalue weighted by Gasteiger charge is 2.16. The van der Waals surface area contributed by atoms with Gasteiger partial charge in [0, 0.05) is 18.4 Å². The van der Waals surface area contributed by atoms with Gasteiger partial charge in [-0.25, -0.2) is 4.98 Å². The van der Waals surface area contributed by atoms with Gasteiger partial charge in [0.2, 0.25) is 5.91 Å². The van der Waals surface area contributed by atoms with E-state index >= 15 is 0 Å². The SMILES string of the molecule is C[C@@H](Cc1ccc2ccccc2c1)NC(=O)[C@H](C)n1ccnc1. The molecule has 2 aromatic carbocycles. The molecule has 0 fully saturated rings. The topological polar surface area (TPSA) is 46.9 Å². The summed E-state index contributed by atoms with van der Waals surface area (Å²) >= 11 is 0. The molecule has 0 aliphatic heterocycles. The highest BCUT2D eigenvalue weighted by Crippen LogP contribution is 2.17. The lowest BCUT2D eigenvalue weighted by molar-refractivity contribution is -0.124. The molecule has 0 unspecified atom stereocenters. The second-order valence-corrected chi connectivity index (χ2v) is 5.98. The minimum atomic E-state index is -0.253. The van der Waals surface area contributed by atoms with Gasteiger partial charge >= 0.3 is 0 Å². The Kier molecular flexibility index (Phi) is 4.42.